The summed E-state index contributed by atoms with van der Waals surface area (Å²) in [6.07, 6.45) is -0.324. The summed E-state index contributed by atoms with van der Waals surface area (Å²) in [5.41, 5.74) is 5.31. The van der Waals surface area contributed by atoms with Gasteiger partial charge >= 0.3 is 0 Å². The second-order valence-corrected chi connectivity index (χ2v) is 5.20. The van der Waals surface area contributed by atoms with E-state index in [1.807, 2.05) is 0 Å². The fourth-order valence-corrected chi connectivity index (χ4v) is 1.23. The highest BCUT2D eigenvalue weighted by molar-refractivity contribution is 4.99. The Morgan fingerprint density at radius 1 is 1.13 bits per heavy atom. The smallest absolute Gasteiger partial charge is 0.0636 e. The molecule has 0 heterocycles. The van der Waals surface area contributed by atoms with Crippen LogP contribution < -0.4 is 16.4 Å². The van der Waals surface area contributed by atoms with Gasteiger partial charge in [-0.3, -0.25) is 0 Å². The maximum atomic E-state index is 9.25. The number of rotatable bonds is 7. The Labute approximate surface area is 93.6 Å². The lowest BCUT2D eigenvalue weighted by atomic mass is 9.82. The van der Waals surface area contributed by atoms with E-state index >= 15 is 0 Å². The van der Waals surface area contributed by atoms with Crippen molar-refractivity contribution >= 4 is 0 Å². The molecule has 0 rings (SSSR count). The fourth-order valence-electron chi connectivity index (χ4n) is 1.23. The van der Waals surface area contributed by atoms with Crippen molar-refractivity contribution in [2.45, 2.75) is 51.8 Å². The van der Waals surface area contributed by atoms with Crippen LogP contribution in [0.3, 0.4) is 0 Å². The van der Waals surface area contributed by atoms with Gasteiger partial charge in [-0.05, 0) is 34.6 Å². The SMILES string of the molecule is CC(O)CNC(C)(C)C(C)(C)NCCN. The molecule has 0 aromatic rings. The third-order valence-electron chi connectivity index (χ3n) is 3.11. The van der Waals surface area contributed by atoms with Crippen LogP contribution >= 0.6 is 0 Å². The van der Waals surface area contributed by atoms with E-state index in [0.717, 1.165) is 6.54 Å². The van der Waals surface area contributed by atoms with Gasteiger partial charge in [-0.15, -0.1) is 0 Å². The first-order chi connectivity index (χ1) is 6.73. The minimum absolute atomic E-state index is 0.0682. The highest BCUT2D eigenvalue weighted by Crippen LogP contribution is 2.20. The van der Waals surface area contributed by atoms with E-state index in [1.54, 1.807) is 6.92 Å². The molecular formula is C11H27N3O. The summed E-state index contributed by atoms with van der Waals surface area (Å²) in [5.74, 6) is 0. The van der Waals surface area contributed by atoms with Crippen LogP contribution in [0, 0.1) is 0 Å². The van der Waals surface area contributed by atoms with Crippen LogP contribution in [-0.2, 0) is 0 Å². The summed E-state index contributed by atoms with van der Waals surface area (Å²) in [6, 6.07) is 0. The van der Waals surface area contributed by atoms with Crippen LogP contribution in [0.4, 0.5) is 0 Å². The standard InChI is InChI=1S/C11H27N3O/c1-9(15)8-14-11(4,5)10(2,3)13-7-6-12/h9,13-15H,6-8,12H2,1-5H3. The van der Waals surface area contributed by atoms with E-state index in [0.29, 0.717) is 13.1 Å². The molecule has 5 N–H and O–H groups in total. The molecular weight excluding hydrogens is 190 g/mol. The molecule has 0 saturated carbocycles. The zero-order valence-electron chi connectivity index (χ0n) is 10.7. The van der Waals surface area contributed by atoms with Crippen LogP contribution in [0.2, 0.25) is 0 Å². The number of hydrogen-bond acceptors (Lipinski definition) is 4. The Morgan fingerprint density at radius 3 is 2.00 bits per heavy atom. The second-order valence-electron chi connectivity index (χ2n) is 5.20. The number of nitrogens with two attached hydrogens (primary N) is 1. The second kappa shape index (κ2) is 5.80. The van der Waals surface area contributed by atoms with Crippen LogP contribution in [-0.4, -0.2) is 41.9 Å². The highest BCUT2D eigenvalue weighted by Gasteiger charge is 2.35. The number of β-amino-alcohol motifs (C(OH)–C–C–N with tert-alkyl or cyclic N) is 1. The van der Waals surface area contributed by atoms with Crippen molar-refractivity contribution in [3.63, 3.8) is 0 Å². The summed E-state index contributed by atoms with van der Waals surface area (Å²) < 4.78 is 0. The van der Waals surface area contributed by atoms with E-state index in [9.17, 15) is 5.11 Å². The molecule has 0 aliphatic heterocycles. The van der Waals surface area contributed by atoms with Crippen molar-refractivity contribution in [1.82, 2.24) is 10.6 Å². The summed E-state index contributed by atoms with van der Waals surface area (Å²) in [5, 5.41) is 16.0. The first-order valence-electron chi connectivity index (χ1n) is 5.61. The molecule has 0 fully saturated rings. The zero-order chi connectivity index (χ0) is 12.1. The van der Waals surface area contributed by atoms with E-state index < -0.39 is 0 Å². The normalized spacial score (nSPS) is 15.4. The lowest BCUT2D eigenvalue weighted by molar-refractivity contribution is 0.142. The number of aliphatic hydroxyl groups is 1. The van der Waals surface area contributed by atoms with E-state index in [4.69, 9.17) is 5.73 Å². The van der Waals surface area contributed by atoms with Gasteiger partial charge in [-0.25, -0.2) is 0 Å². The molecule has 0 bridgehead atoms. The van der Waals surface area contributed by atoms with Crippen molar-refractivity contribution in [2.24, 2.45) is 5.73 Å². The topological polar surface area (TPSA) is 70.3 Å². The average Bonchev–Trinajstić information content (AvgIpc) is 2.11. The Hall–Kier alpha value is -0.160. The first-order valence-corrected chi connectivity index (χ1v) is 5.61. The van der Waals surface area contributed by atoms with Gasteiger partial charge in [0.15, 0.2) is 0 Å². The van der Waals surface area contributed by atoms with Crippen molar-refractivity contribution in [2.75, 3.05) is 19.6 Å². The van der Waals surface area contributed by atoms with Crippen LogP contribution in [0.5, 0.6) is 0 Å². The molecule has 0 aromatic carbocycles. The number of nitrogens with one attached hydrogen (secondary N) is 2. The lowest BCUT2D eigenvalue weighted by Gasteiger charge is -2.43. The van der Waals surface area contributed by atoms with Crippen molar-refractivity contribution in [1.29, 1.82) is 0 Å². The molecule has 4 nitrogen and oxygen atoms in total. The summed E-state index contributed by atoms with van der Waals surface area (Å²) in [7, 11) is 0. The molecule has 1 unspecified atom stereocenters. The van der Waals surface area contributed by atoms with Gasteiger partial charge in [0.05, 0.1) is 6.10 Å². The predicted octanol–water partition coefficient (Wildman–Crippen LogP) is 0.0623. The minimum Gasteiger partial charge on any atom is -0.392 e. The van der Waals surface area contributed by atoms with Gasteiger partial charge in [0.1, 0.15) is 0 Å². The largest absolute Gasteiger partial charge is 0.392 e. The Kier molecular flexibility index (Phi) is 5.73. The maximum absolute atomic E-state index is 9.25. The zero-order valence-corrected chi connectivity index (χ0v) is 10.7. The maximum Gasteiger partial charge on any atom is 0.0636 e. The Balaban J connectivity index is 4.26. The van der Waals surface area contributed by atoms with E-state index in [1.165, 1.54) is 0 Å². The van der Waals surface area contributed by atoms with Gasteiger partial charge in [-0.1, -0.05) is 0 Å². The quantitative estimate of drug-likeness (QED) is 0.487. The summed E-state index contributed by atoms with van der Waals surface area (Å²) in [4.78, 5) is 0. The summed E-state index contributed by atoms with van der Waals surface area (Å²) >= 11 is 0. The minimum atomic E-state index is -0.324. The number of aliphatic hydroxyl groups excluding tert-OH is 1. The molecule has 0 aliphatic carbocycles. The van der Waals surface area contributed by atoms with Crippen LogP contribution in [0.25, 0.3) is 0 Å². The molecule has 0 aromatic heterocycles. The van der Waals surface area contributed by atoms with Crippen LogP contribution in [0.1, 0.15) is 34.6 Å². The Bertz CT molecular complexity index is 179. The van der Waals surface area contributed by atoms with Crippen molar-refractivity contribution in [3.8, 4) is 0 Å². The molecule has 92 valence electrons. The molecule has 4 heteroatoms. The highest BCUT2D eigenvalue weighted by atomic mass is 16.3. The van der Waals surface area contributed by atoms with Gasteiger partial charge in [0, 0.05) is 30.7 Å². The molecule has 0 amide bonds. The lowest BCUT2D eigenvalue weighted by Crippen LogP contribution is -2.64. The van der Waals surface area contributed by atoms with Crippen molar-refractivity contribution < 1.29 is 5.11 Å². The van der Waals surface area contributed by atoms with E-state index in [-0.39, 0.29) is 17.2 Å². The molecule has 1 atom stereocenters. The summed E-state index contributed by atoms with van der Waals surface area (Å²) in [6.45, 7) is 12.3. The van der Waals surface area contributed by atoms with E-state index in [2.05, 4.69) is 38.3 Å². The van der Waals surface area contributed by atoms with Gasteiger partial charge < -0.3 is 21.5 Å². The molecule has 0 saturated heterocycles. The first kappa shape index (κ1) is 14.8. The molecule has 0 aliphatic rings. The fraction of sp³-hybridized carbons (Fsp3) is 1.00. The van der Waals surface area contributed by atoms with Gasteiger partial charge in [0.25, 0.3) is 0 Å². The predicted molar refractivity (Wildman–Crippen MR) is 64.9 cm³/mol. The third-order valence-corrected chi connectivity index (χ3v) is 3.11. The number of hydrogen-bond donors (Lipinski definition) is 4. The van der Waals surface area contributed by atoms with Gasteiger partial charge in [0.2, 0.25) is 0 Å². The monoisotopic (exact) mass is 217 g/mol. The van der Waals surface area contributed by atoms with Crippen molar-refractivity contribution in [3.05, 3.63) is 0 Å². The molecule has 0 spiro atoms. The van der Waals surface area contributed by atoms with Gasteiger partial charge in [-0.2, -0.15) is 0 Å². The Morgan fingerprint density at radius 2 is 1.60 bits per heavy atom. The molecule has 15 heavy (non-hydrogen) atoms. The third kappa shape index (κ3) is 4.93. The average molecular weight is 217 g/mol. The van der Waals surface area contributed by atoms with Crippen LogP contribution in [0.15, 0.2) is 0 Å². The molecule has 0 radical (unpaired) electrons.